The topological polar surface area (TPSA) is 43.6 Å². The molecule has 0 saturated heterocycles. The molecule has 4 aliphatic carbocycles. The number of imidazole rings is 1. The van der Waals surface area contributed by atoms with E-state index in [0.717, 1.165) is 34.0 Å². The van der Waals surface area contributed by atoms with Gasteiger partial charge in [-0.25, -0.2) is 4.98 Å². The van der Waals surface area contributed by atoms with E-state index < -0.39 is 0 Å². The summed E-state index contributed by atoms with van der Waals surface area (Å²) in [5.74, 6) is 3.06. The van der Waals surface area contributed by atoms with Gasteiger partial charge >= 0.3 is 5.97 Å². The number of esters is 1. The number of hydrogen-bond donors (Lipinski definition) is 0. The summed E-state index contributed by atoms with van der Waals surface area (Å²) in [4.78, 5) is 17.5. The summed E-state index contributed by atoms with van der Waals surface area (Å²) in [5, 5.41) is 2.15. The second-order valence-corrected chi connectivity index (χ2v) is 10.1. The Balaban J connectivity index is 1.40. The van der Waals surface area contributed by atoms with E-state index in [0.29, 0.717) is 11.2 Å². The van der Waals surface area contributed by atoms with Gasteiger partial charge in [0.2, 0.25) is 0 Å². The minimum absolute atomic E-state index is 0.292. The van der Waals surface area contributed by atoms with Crippen molar-refractivity contribution in [1.29, 1.82) is 0 Å². The van der Waals surface area contributed by atoms with E-state index >= 15 is 0 Å². The fourth-order valence-corrected chi connectivity index (χ4v) is 7.44. The van der Waals surface area contributed by atoms with Crippen molar-refractivity contribution < 1.29 is 9.53 Å². The Bertz CT molecular complexity index is 1040. The summed E-state index contributed by atoms with van der Waals surface area (Å²) in [7, 11) is 0. The minimum Gasteiger partial charge on any atom is -0.427 e. The van der Waals surface area contributed by atoms with Crippen LogP contribution in [0, 0.1) is 17.8 Å². The highest BCUT2D eigenvalue weighted by Crippen LogP contribution is 2.60. The maximum absolute atomic E-state index is 11.3. The first-order valence-corrected chi connectivity index (χ1v) is 11.2. The third-order valence-corrected chi connectivity index (χ3v) is 8.02. The molecule has 4 fully saturated rings. The fraction of sp³-hybridized carbons (Fsp3) is 0.478. The first-order chi connectivity index (χ1) is 13.6. The number of rotatable bonds is 3. The van der Waals surface area contributed by atoms with Gasteiger partial charge in [-0.1, -0.05) is 12.1 Å². The number of thiazole rings is 1. The van der Waals surface area contributed by atoms with Crippen LogP contribution in [-0.2, 0) is 10.2 Å². The Kier molecular flexibility index (Phi) is 3.55. The molecule has 4 bridgehead atoms. The smallest absolute Gasteiger partial charge is 0.308 e. The zero-order valence-electron chi connectivity index (χ0n) is 16.1. The normalized spacial score (nSPS) is 30.8. The molecule has 144 valence electrons. The summed E-state index contributed by atoms with van der Waals surface area (Å²) in [6.07, 6.45) is 10.7. The predicted molar refractivity (Wildman–Crippen MR) is 110 cm³/mol. The highest BCUT2D eigenvalue weighted by atomic mass is 32.1. The van der Waals surface area contributed by atoms with Gasteiger partial charge in [-0.2, -0.15) is 0 Å². The number of nitrogens with zero attached hydrogens (tertiary/aromatic N) is 2. The average Bonchev–Trinajstić information content (AvgIpc) is 3.21. The number of carbonyl (C=O) groups excluding carboxylic acids is 1. The molecule has 0 spiro atoms. The van der Waals surface area contributed by atoms with Crippen LogP contribution >= 0.6 is 11.3 Å². The summed E-state index contributed by atoms with van der Waals surface area (Å²) < 4.78 is 7.52. The summed E-state index contributed by atoms with van der Waals surface area (Å²) in [6, 6.07) is 7.77. The van der Waals surface area contributed by atoms with Gasteiger partial charge in [0.25, 0.3) is 0 Å². The molecule has 5 heteroatoms. The van der Waals surface area contributed by atoms with Crippen LogP contribution in [0.25, 0.3) is 16.2 Å². The second kappa shape index (κ2) is 5.93. The van der Waals surface area contributed by atoms with E-state index in [1.165, 1.54) is 51.1 Å². The Morgan fingerprint density at radius 1 is 1.18 bits per heavy atom. The highest BCUT2D eigenvalue weighted by molar-refractivity contribution is 7.15. The van der Waals surface area contributed by atoms with Crippen LogP contribution in [0.1, 0.15) is 51.1 Å². The van der Waals surface area contributed by atoms with Crippen LogP contribution in [0.2, 0.25) is 0 Å². The maximum Gasteiger partial charge on any atom is 0.308 e. The van der Waals surface area contributed by atoms with E-state index in [1.807, 2.05) is 18.2 Å². The molecule has 0 N–H and O–H groups in total. The largest absolute Gasteiger partial charge is 0.427 e. The molecule has 0 aliphatic heterocycles. The lowest BCUT2D eigenvalue weighted by atomic mass is 9.49. The average molecular weight is 393 g/mol. The van der Waals surface area contributed by atoms with Crippen LogP contribution < -0.4 is 4.74 Å². The number of benzene rings is 1. The molecule has 0 amide bonds. The zero-order valence-corrected chi connectivity index (χ0v) is 16.9. The molecule has 0 atom stereocenters. The minimum atomic E-state index is -0.292. The quantitative estimate of drug-likeness (QED) is 0.439. The SMILES string of the molecule is CC(=O)Oc1cccc(-c2csc3nc(C45CC6CC(CC(C6)C4)C5)cn23)c1. The zero-order chi connectivity index (χ0) is 18.9. The number of aromatic nitrogens is 2. The van der Waals surface area contributed by atoms with Gasteiger partial charge in [0.05, 0.1) is 11.4 Å². The Hall–Kier alpha value is -2.14. The van der Waals surface area contributed by atoms with Crippen molar-refractivity contribution >= 4 is 22.3 Å². The van der Waals surface area contributed by atoms with Crippen molar-refractivity contribution in [2.45, 2.75) is 50.9 Å². The predicted octanol–water partition coefficient (Wildman–Crippen LogP) is 5.46. The maximum atomic E-state index is 11.3. The molecule has 7 rings (SSSR count). The summed E-state index contributed by atoms with van der Waals surface area (Å²) in [6.45, 7) is 1.43. The first-order valence-electron chi connectivity index (χ1n) is 10.3. The van der Waals surface area contributed by atoms with E-state index in [-0.39, 0.29) is 5.97 Å². The van der Waals surface area contributed by atoms with Crippen molar-refractivity contribution in [3.63, 3.8) is 0 Å². The van der Waals surface area contributed by atoms with Crippen LogP contribution in [-0.4, -0.2) is 15.4 Å². The van der Waals surface area contributed by atoms with Crippen molar-refractivity contribution in [2.75, 3.05) is 0 Å². The Morgan fingerprint density at radius 2 is 1.89 bits per heavy atom. The van der Waals surface area contributed by atoms with Gasteiger partial charge < -0.3 is 4.74 Å². The molecule has 3 aromatic rings. The molecular formula is C23H24N2O2S. The lowest BCUT2D eigenvalue weighted by Crippen LogP contribution is -2.48. The number of carbonyl (C=O) groups is 1. The fourth-order valence-electron chi connectivity index (χ4n) is 6.56. The van der Waals surface area contributed by atoms with Crippen molar-refractivity contribution in [1.82, 2.24) is 9.38 Å². The second-order valence-electron chi connectivity index (χ2n) is 9.22. The monoisotopic (exact) mass is 392 g/mol. The van der Waals surface area contributed by atoms with Gasteiger partial charge in [-0.3, -0.25) is 9.20 Å². The van der Waals surface area contributed by atoms with Crippen molar-refractivity contribution in [3.8, 4) is 17.0 Å². The molecular weight excluding hydrogens is 368 g/mol. The van der Waals surface area contributed by atoms with E-state index in [2.05, 4.69) is 22.0 Å². The van der Waals surface area contributed by atoms with Gasteiger partial charge in [0.1, 0.15) is 5.75 Å². The number of hydrogen-bond acceptors (Lipinski definition) is 4. The molecule has 1 aromatic carbocycles. The molecule has 0 radical (unpaired) electrons. The van der Waals surface area contributed by atoms with Crippen molar-refractivity contribution in [3.05, 3.63) is 41.5 Å². The van der Waals surface area contributed by atoms with Crippen LogP contribution in [0.5, 0.6) is 5.75 Å². The van der Waals surface area contributed by atoms with Crippen LogP contribution in [0.4, 0.5) is 0 Å². The van der Waals surface area contributed by atoms with Crippen LogP contribution in [0.3, 0.4) is 0 Å². The van der Waals surface area contributed by atoms with E-state index in [9.17, 15) is 4.79 Å². The third kappa shape index (κ3) is 2.55. The van der Waals surface area contributed by atoms with E-state index in [1.54, 1.807) is 11.3 Å². The Labute approximate surface area is 168 Å². The molecule has 2 aromatic heterocycles. The van der Waals surface area contributed by atoms with Gasteiger partial charge in [-0.05, 0) is 68.4 Å². The Morgan fingerprint density at radius 3 is 2.57 bits per heavy atom. The molecule has 4 aliphatic rings. The highest BCUT2D eigenvalue weighted by Gasteiger charge is 2.52. The number of ether oxygens (including phenoxy) is 1. The first kappa shape index (κ1) is 16.8. The van der Waals surface area contributed by atoms with Gasteiger partial charge in [0.15, 0.2) is 4.96 Å². The molecule has 2 heterocycles. The van der Waals surface area contributed by atoms with Crippen molar-refractivity contribution in [2.24, 2.45) is 17.8 Å². The lowest BCUT2D eigenvalue weighted by Gasteiger charge is -2.56. The molecule has 4 nitrogen and oxygen atoms in total. The van der Waals surface area contributed by atoms with Crippen LogP contribution in [0.15, 0.2) is 35.8 Å². The van der Waals surface area contributed by atoms with Gasteiger partial charge in [-0.15, -0.1) is 11.3 Å². The molecule has 4 saturated carbocycles. The van der Waals surface area contributed by atoms with Gasteiger partial charge in [0, 0.05) is 29.5 Å². The molecule has 28 heavy (non-hydrogen) atoms. The standard InChI is InChI=1S/C23H24N2O2S/c1-14(26)27-19-4-2-3-18(8-19)20-13-28-22-24-21(12-25(20)22)23-9-15-5-16(10-23)7-17(6-15)11-23/h2-4,8,12-13,15-17H,5-7,9-11H2,1H3. The summed E-state index contributed by atoms with van der Waals surface area (Å²) in [5.41, 5.74) is 3.81. The lowest BCUT2D eigenvalue weighted by molar-refractivity contribution is -0.131. The number of fused-ring (bicyclic) bond motifs is 1. The third-order valence-electron chi connectivity index (χ3n) is 7.18. The van der Waals surface area contributed by atoms with E-state index in [4.69, 9.17) is 9.72 Å². The molecule has 0 unspecified atom stereocenters. The summed E-state index contributed by atoms with van der Waals surface area (Å²) >= 11 is 1.70.